The molecule has 1 heterocycles. The van der Waals surface area contributed by atoms with Gasteiger partial charge in [-0.05, 0) is 30.0 Å². The van der Waals surface area contributed by atoms with Gasteiger partial charge in [0.25, 0.3) is 0 Å². The summed E-state index contributed by atoms with van der Waals surface area (Å²) < 4.78 is 0. The van der Waals surface area contributed by atoms with E-state index < -0.39 is 0 Å². The minimum atomic E-state index is -0.381. The second kappa shape index (κ2) is 9.94. The van der Waals surface area contributed by atoms with E-state index in [2.05, 4.69) is 20.6 Å². The molecule has 0 aliphatic heterocycles. The quantitative estimate of drug-likeness (QED) is 0.616. The third-order valence-corrected chi connectivity index (χ3v) is 4.81. The van der Waals surface area contributed by atoms with Crippen LogP contribution in [0.3, 0.4) is 0 Å². The minimum absolute atomic E-state index is 0.0302. The maximum atomic E-state index is 13.0. The van der Waals surface area contributed by atoms with Crippen molar-refractivity contribution < 1.29 is 4.79 Å². The molecule has 5 nitrogen and oxygen atoms in total. The van der Waals surface area contributed by atoms with Crippen molar-refractivity contribution in [2.75, 3.05) is 0 Å². The number of carbonyl (C=O) groups excluding carboxylic acids is 1. The fourth-order valence-electron chi connectivity index (χ4n) is 3.22. The summed E-state index contributed by atoms with van der Waals surface area (Å²) in [6.07, 6.45) is 1.76. The van der Waals surface area contributed by atoms with Crippen molar-refractivity contribution in [2.45, 2.75) is 39.4 Å². The van der Waals surface area contributed by atoms with E-state index in [1.807, 2.05) is 87.5 Å². The molecule has 1 amide bonds. The molecule has 3 rings (SSSR count). The molecule has 0 aliphatic carbocycles. The second-order valence-corrected chi connectivity index (χ2v) is 7.49. The predicted molar refractivity (Wildman–Crippen MR) is 115 cm³/mol. The van der Waals surface area contributed by atoms with Gasteiger partial charge in [-0.1, -0.05) is 74.5 Å². The maximum absolute atomic E-state index is 13.0. The summed E-state index contributed by atoms with van der Waals surface area (Å²) in [4.78, 5) is 22.1. The molecule has 2 N–H and O–H groups in total. The first-order valence-corrected chi connectivity index (χ1v) is 9.97. The summed E-state index contributed by atoms with van der Waals surface area (Å²) >= 11 is 0. The number of benzene rings is 2. The van der Waals surface area contributed by atoms with Gasteiger partial charge in [-0.15, -0.1) is 0 Å². The summed E-state index contributed by atoms with van der Waals surface area (Å²) in [5.41, 5.74) is 3.00. The van der Waals surface area contributed by atoms with Gasteiger partial charge in [0.2, 0.25) is 5.91 Å². The highest BCUT2D eigenvalue weighted by Crippen LogP contribution is 2.21. The lowest BCUT2D eigenvalue weighted by Gasteiger charge is -2.27. The smallest absolute Gasteiger partial charge is 0.237 e. The van der Waals surface area contributed by atoms with Crippen molar-refractivity contribution in [3.05, 3.63) is 95.6 Å². The zero-order valence-corrected chi connectivity index (χ0v) is 17.2. The van der Waals surface area contributed by atoms with Gasteiger partial charge in [-0.2, -0.15) is 0 Å². The van der Waals surface area contributed by atoms with Gasteiger partial charge in [0.15, 0.2) is 0 Å². The van der Waals surface area contributed by atoms with Crippen LogP contribution in [0.25, 0.3) is 0 Å². The number of rotatable bonds is 8. The number of aryl methyl sites for hydroxylation is 1. The van der Waals surface area contributed by atoms with E-state index in [1.165, 1.54) is 0 Å². The van der Waals surface area contributed by atoms with Crippen molar-refractivity contribution >= 4 is 5.91 Å². The van der Waals surface area contributed by atoms with Crippen LogP contribution in [0.15, 0.2) is 72.9 Å². The Kier molecular flexibility index (Phi) is 7.09. The largest absolute Gasteiger partial charge is 0.351 e. The lowest BCUT2D eigenvalue weighted by molar-refractivity contribution is -0.124. The van der Waals surface area contributed by atoms with Crippen molar-refractivity contribution in [1.29, 1.82) is 0 Å². The average molecular weight is 389 g/mol. The van der Waals surface area contributed by atoms with Crippen LogP contribution in [0, 0.1) is 12.8 Å². The normalized spacial score (nSPS) is 13.1. The lowest BCUT2D eigenvalue weighted by Crippen LogP contribution is -2.49. The number of hydrogen-bond donors (Lipinski definition) is 2. The van der Waals surface area contributed by atoms with Gasteiger partial charge in [-0.25, -0.2) is 9.97 Å². The van der Waals surface area contributed by atoms with Crippen LogP contribution >= 0.6 is 0 Å². The first-order valence-electron chi connectivity index (χ1n) is 9.97. The van der Waals surface area contributed by atoms with Crippen LogP contribution in [-0.4, -0.2) is 21.9 Å². The standard InChI is InChI=1S/C24H28N4O/c1-17(2)21(24(29)26-16-19-10-6-4-7-11-19)28-22(20-12-8-5-9-13-20)23-25-15-14-18(3)27-23/h4-15,17,21-22,28H,16H2,1-3H3,(H,26,29)/t21-,22?/m0/s1. The summed E-state index contributed by atoms with van der Waals surface area (Å²) in [6, 6.07) is 21.2. The molecule has 0 radical (unpaired) electrons. The summed E-state index contributed by atoms with van der Waals surface area (Å²) in [6.45, 7) is 6.53. The number of nitrogens with zero attached hydrogens (tertiary/aromatic N) is 2. The molecule has 0 fully saturated rings. The van der Waals surface area contributed by atoms with Gasteiger partial charge >= 0.3 is 0 Å². The van der Waals surface area contributed by atoms with Crippen molar-refractivity contribution in [1.82, 2.24) is 20.6 Å². The first-order chi connectivity index (χ1) is 14.0. The topological polar surface area (TPSA) is 66.9 Å². The van der Waals surface area contributed by atoms with Crippen LogP contribution in [0.5, 0.6) is 0 Å². The number of carbonyl (C=O) groups is 1. The van der Waals surface area contributed by atoms with Crippen molar-refractivity contribution in [3.8, 4) is 0 Å². The minimum Gasteiger partial charge on any atom is -0.351 e. The molecule has 5 heteroatoms. The monoisotopic (exact) mass is 388 g/mol. The average Bonchev–Trinajstić information content (AvgIpc) is 2.74. The third-order valence-electron chi connectivity index (χ3n) is 4.81. The Morgan fingerprint density at radius 3 is 2.24 bits per heavy atom. The van der Waals surface area contributed by atoms with Gasteiger partial charge in [-0.3, -0.25) is 10.1 Å². The van der Waals surface area contributed by atoms with Crippen LogP contribution in [0.4, 0.5) is 0 Å². The molecule has 29 heavy (non-hydrogen) atoms. The Hall–Kier alpha value is -3.05. The first kappa shape index (κ1) is 20.7. The number of amides is 1. The van der Waals surface area contributed by atoms with E-state index in [9.17, 15) is 4.79 Å². The summed E-state index contributed by atoms with van der Waals surface area (Å²) in [7, 11) is 0. The summed E-state index contributed by atoms with van der Waals surface area (Å²) in [5.74, 6) is 0.733. The van der Waals surface area contributed by atoms with Gasteiger partial charge in [0.05, 0.1) is 12.1 Å². The molecule has 1 aromatic heterocycles. The molecular formula is C24H28N4O. The molecule has 3 aromatic rings. The fourth-order valence-corrected chi connectivity index (χ4v) is 3.22. The highest BCUT2D eigenvalue weighted by atomic mass is 16.2. The van der Waals surface area contributed by atoms with Crippen LogP contribution in [-0.2, 0) is 11.3 Å². The second-order valence-electron chi connectivity index (χ2n) is 7.49. The van der Waals surface area contributed by atoms with Gasteiger partial charge in [0.1, 0.15) is 5.82 Å². The fraction of sp³-hybridized carbons (Fsp3) is 0.292. The Balaban J connectivity index is 1.81. The highest BCUT2D eigenvalue weighted by molar-refractivity contribution is 5.82. The van der Waals surface area contributed by atoms with E-state index in [0.717, 1.165) is 16.8 Å². The molecule has 0 aliphatic rings. The Morgan fingerprint density at radius 2 is 1.62 bits per heavy atom. The molecule has 0 bridgehead atoms. The summed E-state index contributed by atoms with van der Waals surface area (Å²) in [5, 5.41) is 6.57. The number of aromatic nitrogens is 2. The van der Waals surface area contributed by atoms with Crippen LogP contribution in [0.2, 0.25) is 0 Å². The van der Waals surface area contributed by atoms with E-state index >= 15 is 0 Å². The van der Waals surface area contributed by atoms with E-state index in [0.29, 0.717) is 12.4 Å². The molecule has 2 aromatic carbocycles. The predicted octanol–water partition coefficient (Wildman–Crippen LogP) is 3.81. The van der Waals surface area contributed by atoms with E-state index in [1.54, 1.807) is 6.20 Å². The van der Waals surface area contributed by atoms with Crippen molar-refractivity contribution in [3.63, 3.8) is 0 Å². The lowest BCUT2D eigenvalue weighted by atomic mass is 9.99. The Labute approximate surface area is 172 Å². The zero-order valence-electron chi connectivity index (χ0n) is 17.2. The zero-order chi connectivity index (χ0) is 20.6. The Morgan fingerprint density at radius 1 is 0.966 bits per heavy atom. The molecule has 1 unspecified atom stereocenters. The molecule has 0 saturated heterocycles. The van der Waals surface area contributed by atoms with Crippen LogP contribution < -0.4 is 10.6 Å². The van der Waals surface area contributed by atoms with Crippen molar-refractivity contribution in [2.24, 2.45) is 5.92 Å². The number of hydrogen-bond acceptors (Lipinski definition) is 4. The van der Waals surface area contributed by atoms with Crippen LogP contribution in [0.1, 0.15) is 42.5 Å². The number of nitrogens with one attached hydrogen (secondary N) is 2. The van der Waals surface area contributed by atoms with E-state index in [-0.39, 0.29) is 23.9 Å². The van der Waals surface area contributed by atoms with Gasteiger partial charge < -0.3 is 5.32 Å². The molecule has 0 spiro atoms. The molecular weight excluding hydrogens is 360 g/mol. The molecule has 2 atom stereocenters. The SMILES string of the molecule is Cc1ccnc(C(N[C@H](C(=O)NCc2ccccc2)C(C)C)c2ccccc2)n1. The van der Waals surface area contributed by atoms with E-state index in [4.69, 9.17) is 0 Å². The Bertz CT molecular complexity index is 912. The third kappa shape index (κ3) is 5.72. The molecule has 0 saturated carbocycles. The van der Waals surface area contributed by atoms with Gasteiger partial charge in [0, 0.05) is 18.4 Å². The molecule has 150 valence electrons. The highest BCUT2D eigenvalue weighted by Gasteiger charge is 2.28. The maximum Gasteiger partial charge on any atom is 0.237 e.